The van der Waals surface area contributed by atoms with Crippen molar-refractivity contribution in [1.82, 2.24) is 0 Å². The van der Waals surface area contributed by atoms with Crippen molar-refractivity contribution in [1.29, 1.82) is 0 Å². The summed E-state index contributed by atoms with van der Waals surface area (Å²) in [6, 6.07) is 9.26. The lowest BCUT2D eigenvalue weighted by molar-refractivity contribution is 0.192. The molecule has 0 saturated heterocycles. The number of hydrogen-bond acceptors (Lipinski definition) is 3. The maximum absolute atomic E-state index is 13.2. The van der Waals surface area contributed by atoms with E-state index in [0.29, 0.717) is 11.0 Å². The Morgan fingerprint density at radius 3 is 2.50 bits per heavy atom. The van der Waals surface area contributed by atoms with E-state index in [1.165, 1.54) is 36.4 Å². The number of nitrogen functional groups attached to an aromatic ring is 1. The van der Waals surface area contributed by atoms with Crippen LogP contribution in [-0.2, 0) is 0 Å². The molecule has 20 heavy (non-hydrogen) atoms. The zero-order chi connectivity index (χ0) is 14.3. The molecule has 0 aliphatic rings. The lowest BCUT2D eigenvalue weighted by Gasteiger charge is -2.10. The SMILES string of the molecule is Nc1ccc(F)cc1C(O)c1cc2cc(F)ccc2o1. The molecule has 3 nitrogen and oxygen atoms in total. The van der Waals surface area contributed by atoms with Crippen LogP contribution in [0.5, 0.6) is 0 Å². The molecule has 0 aliphatic carbocycles. The van der Waals surface area contributed by atoms with Gasteiger partial charge in [0.15, 0.2) is 0 Å². The van der Waals surface area contributed by atoms with Gasteiger partial charge in [-0.3, -0.25) is 0 Å². The molecule has 0 spiro atoms. The van der Waals surface area contributed by atoms with Crippen molar-refractivity contribution in [2.75, 3.05) is 5.73 Å². The maximum atomic E-state index is 13.2. The molecule has 1 atom stereocenters. The number of halogens is 2. The highest BCUT2D eigenvalue weighted by atomic mass is 19.1. The van der Waals surface area contributed by atoms with E-state index in [0.717, 1.165) is 6.07 Å². The van der Waals surface area contributed by atoms with Crippen molar-refractivity contribution in [2.24, 2.45) is 0 Å². The minimum absolute atomic E-state index is 0.183. The van der Waals surface area contributed by atoms with E-state index in [4.69, 9.17) is 10.2 Å². The summed E-state index contributed by atoms with van der Waals surface area (Å²) in [5, 5.41) is 10.8. The Morgan fingerprint density at radius 2 is 1.70 bits per heavy atom. The average molecular weight is 275 g/mol. The Morgan fingerprint density at radius 1 is 1.00 bits per heavy atom. The summed E-state index contributed by atoms with van der Waals surface area (Å²) in [7, 11) is 0. The quantitative estimate of drug-likeness (QED) is 0.705. The van der Waals surface area contributed by atoms with Crippen LogP contribution < -0.4 is 5.73 Å². The number of anilines is 1. The van der Waals surface area contributed by atoms with Crippen LogP contribution in [-0.4, -0.2) is 5.11 Å². The fourth-order valence-corrected chi connectivity index (χ4v) is 2.11. The number of rotatable bonds is 2. The number of fused-ring (bicyclic) bond motifs is 1. The Labute approximate surface area is 113 Å². The van der Waals surface area contributed by atoms with Crippen LogP contribution in [0.1, 0.15) is 17.4 Å². The van der Waals surface area contributed by atoms with Gasteiger partial charge >= 0.3 is 0 Å². The molecule has 1 unspecified atom stereocenters. The van der Waals surface area contributed by atoms with E-state index < -0.39 is 17.7 Å². The third kappa shape index (κ3) is 2.12. The van der Waals surface area contributed by atoms with Crippen molar-refractivity contribution in [3.05, 3.63) is 65.4 Å². The lowest BCUT2D eigenvalue weighted by atomic mass is 10.0. The molecular weight excluding hydrogens is 264 g/mol. The van der Waals surface area contributed by atoms with E-state index in [9.17, 15) is 13.9 Å². The van der Waals surface area contributed by atoms with E-state index >= 15 is 0 Å². The van der Waals surface area contributed by atoms with Gasteiger partial charge in [0.1, 0.15) is 29.1 Å². The summed E-state index contributed by atoms with van der Waals surface area (Å²) in [6.07, 6.45) is -1.21. The van der Waals surface area contributed by atoms with Crippen LogP contribution >= 0.6 is 0 Å². The second-order valence-corrected chi connectivity index (χ2v) is 4.51. The highest BCUT2D eigenvalue weighted by Crippen LogP contribution is 2.31. The Hall–Kier alpha value is -2.40. The third-order valence-corrected chi connectivity index (χ3v) is 3.11. The molecule has 102 valence electrons. The number of aliphatic hydroxyl groups excluding tert-OH is 1. The molecule has 3 rings (SSSR count). The van der Waals surface area contributed by atoms with Gasteiger partial charge < -0.3 is 15.3 Å². The van der Waals surface area contributed by atoms with Crippen molar-refractivity contribution in [2.45, 2.75) is 6.10 Å². The van der Waals surface area contributed by atoms with Crippen molar-refractivity contribution in [3.63, 3.8) is 0 Å². The molecule has 1 heterocycles. The van der Waals surface area contributed by atoms with Crippen LogP contribution in [0.3, 0.4) is 0 Å². The summed E-state index contributed by atoms with van der Waals surface area (Å²) >= 11 is 0. The average Bonchev–Trinajstić information content (AvgIpc) is 2.83. The van der Waals surface area contributed by atoms with Crippen LogP contribution in [0.15, 0.2) is 46.9 Å². The molecule has 1 aromatic heterocycles. The molecule has 3 N–H and O–H groups in total. The van der Waals surface area contributed by atoms with Crippen LogP contribution in [0.25, 0.3) is 11.0 Å². The van der Waals surface area contributed by atoms with Crippen molar-refractivity contribution < 1.29 is 18.3 Å². The molecule has 0 amide bonds. The van der Waals surface area contributed by atoms with Crippen LogP contribution in [0.2, 0.25) is 0 Å². The predicted octanol–water partition coefficient (Wildman–Crippen LogP) is 3.37. The monoisotopic (exact) mass is 275 g/mol. The molecule has 3 aromatic rings. The minimum atomic E-state index is -1.21. The summed E-state index contributed by atoms with van der Waals surface area (Å²) in [5.41, 5.74) is 6.63. The third-order valence-electron chi connectivity index (χ3n) is 3.11. The van der Waals surface area contributed by atoms with Gasteiger partial charge in [0.25, 0.3) is 0 Å². The second-order valence-electron chi connectivity index (χ2n) is 4.51. The smallest absolute Gasteiger partial charge is 0.139 e. The standard InChI is InChI=1S/C15H11F2NO2/c16-9-2-4-13-8(5-9)6-14(20-13)15(19)11-7-10(17)1-3-12(11)18/h1-7,15,19H,18H2. The van der Waals surface area contributed by atoms with Gasteiger partial charge in [-0.25, -0.2) is 8.78 Å². The number of hydrogen-bond donors (Lipinski definition) is 2. The normalized spacial score (nSPS) is 12.8. The molecule has 0 radical (unpaired) electrons. The van der Waals surface area contributed by atoms with E-state index in [2.05, 4.69) is 0 Å². The molecule has 0 saturated carbocycles. The van der Waals surface area contributed by atoms with Gasteiger partial charge in [-0.2, -0.15) is 0 Å². The molecule has 2 aromatic carbocycles. The Balaban J connectivity index is 2.07. The topological polar surface area (TPSA) is 59.4 Å². The zero-order valence-corrected chi connectivity index (χ0v) is 10.3. The first-order valence-corrected chi connectivity index (χ1v) is 5.96. The van der Waals surface area contributed by atoms with Gasteiger partial charge in [-0.1, -0.05) is 0 Å². The van der Waals surface area contributed by atoms with Gasteiger partial charge in [-0.05, 0) is 42.5 Å². The van der Waals surface area contributed by atoms with Gasteiger partial charge in [-0.15, -0.1) is 0 Å². The number of aliphatic hydroxyl groups is 1. The Kier molecular flexibility index (Phi) is 2.91. The Bertz CT molecular complexity index is 783. The van der Waals surface area contributed by atoms with Crippen LogP contribution in [0, 0.1) is 11.6 Å². The van der Waals surface area contributed by atoms with Crippen molar-refractivity contribution in [3.8, 4) is 0 Å². The van der Waals surface area contributed by atoms with Gasteiger partial charge in [0.2, 0.25) is 0 Å². The molecular formula is C15H11F2NO2. The summed E-state index contributed by atoms with van der Waals surface area (Å²) in [5.74, 6) is -0.720. The fourth-order valence-electron chi connectivity index (χ4n) is 2.11. The first kappa shape index (κ1) is 12.6. The van der Waals surface area contributed by atoms with Crippen LogP contribution in [0.4, 0.5) is 14.5 Å². The molecule has 0 bridgehead atoms. The zero-order valence-electron chi connectivity index (χ0n) is 10.3. The van der Waals surface area contributed by atoms with E-state index in [-0.39, 0.29) is 17.0 Å². The minimum Gasteiger partial charge on any atom is -0.458 e. The number of benzene rings is 2. The highest BCUT2D eigenvalue weighted by Gasteiger charge is 2.18. The second kappa shape index (κ2) is 4.61. The molecule has 0 aliphatic heterocycles. The summed E-state index contributed by atoms with van der Waals surface area (Å²) in [6.45, 7) is 0. The number of furan rings is 1. The predicted molar refractivity (Wildman–Crippen MR) is 71.0 cm³/mol. The van der Waals surface area contributed by atoms with Gasteiger partial charge in [0, 0.05) is 16.6 Å². The van der Waals surface area contributed by atoms with E-state index in [1.54, 1.807) is 0 Å². The largest absolute Gasteiger partial charge is 0.458 e. The summed E-state index contributed by atoms with van der Waals surface area (Å²) < 4.78 is 31.8. The van der Waals surface area contributed by atoms with Crippen molar-refractivity contribution >= 4 is 16.7 Å². The molecule has 5 heteroatoms. The lowest BCUT2D eigenvalue weighted by Crippen LogP contribution is -2.03. The number of nitrogens with two attached hydrogens (primary N) is 1. The van der Waals surface area contributed by atoms with Gasteiger partial charge in [0.05, 0.1) is 0 Å². The first-order chi connectivity index (χ1) is 9.54. The first-order valence-electron chi connectivity index (χ1n) is 5.96. The maximum Gasteiger partial charge on any atom is 0.139 e. The molecule has 0 fully saturated rings. The fraction of sp³-hybridized carbons (Fsp3) is 0.0667. The van der Waals surface area contributed by atoms with E-state index in [1.807, 2.05) is 0 Å². The highest BCUT2D eigenvalue weighted by molar-refractivity contribution is 5.78. The summed E-state index contributed by atoms with van der Waals surface area (Å²) in [4.78, 5) is 0.